The molecule has 0 unspecified atom stereocenters. The second kappa shape index (κ2) is 8.64. The summed E-state index contributed by atoms with van der Waals surface area (Å²) in [5.41, 5.74) is 5.89. The summed E-state index contributed by atoms with van der Waals surface area (Å²) >= 11 is 0. The number of hydrogen-bond donors (Lipinski definition) is 1. The largest absolute Gasteiger partial charge is 0.493 e. The maximum Gasteiger partial charge on any atom is 0.416 e. The van der Waals surface area contributed by atoms with E-state index in [1.54, 1.807) is 12.1 Å². The molecule has 1 amide bonds. The second-order valence-corrected chi connectivity index (χ2v) is 7.49. The highest BCUT2D eigenvalue weighted by Crippen LogP contribution is 2.34. The highest BCUT2D eigenvalue weighted by atomic mass is 19.4. The van der Waals surface area contributed by atoms with Gasteiger partial charge in [-0.2, -0.15) is 18.2 Å². The lowest BCUT2D eigenvalue weighted by atomic mass is 10.1. The zero-order valence-corrected chi connectivity index (χ0v) is 18.0. The zero-order valence-electron chi connectivity index (χ0n) is 18.0. The van der Waals surface area contributed by atoms with E-state index in [0.29, 0.717) is 54.5 Å². The predicted octanol–water partition coefficient (Wildman–Crippen LogP) is 3.21. The van der Waals surface area contributed by atoms with Crippen molar-refractivity contribution in [2.45, 2.75) is 6.18 Å². The number of fused-ring (bicyclic) bond motifs is 1. The highest BCUT2D eigenvalue weighted by molar-refractivity contribution is 5.95. The second-order valence-electron chi connectivity index (χ2n) is 7.49. The Morgan fingerprint density at radius 2 is 1.67 bits per heavy atom. The number of anilines is 2. The molecule has 33 heavy (non-hydrogen) atoms. The van der Waals surface area contributed by atoms with Crippen molar-refractivity contribution in [1.82, 2.24) is 14.9 Å². The summed E-state index contributed by atoms with van der Waals surface area (Å²) in [6, 6.07) is 7.87. The summed E-state index contributed by atoms with van der Waals surface area (Å²) in [7, 11) is 3.05. The smallest absolute Gasteiger partial charge is 0.416 e. The first-order valence-electron chi connectivity index (χ1n) is 10.1. The van der Waals surface area contributed by atoms with E-state index in [-0.39, 0.29) is 11.4 Å². The minimum Gasteiger partial charge on any atom is -0.493 e. The molecule has 11 heteroatoms. The molecule has 2 heterocycles. The van der Waals surface area contributed by atoms with Gasteiger partial charge in [0.2, 0.25) is 5.95 Å². The Kier molecular flexibility index (Phi) is 5.88. The van der Waals surface area contributed by atoms with E-state index in [9.17, 15) is 18.0 Å². The minimum atomic E-state index is -4.50. The van der Waals surface area contributed by atoms with E-state index in [1.165, 1.54) is 31.3 Å². The molecule has 1 fully saturated rings. The summed E-state index contributed by atoms with van der Waals surface area (Å²) in [5, 5.41) is 0.620. The lowest BCUT2D eigenvalue weighted by Gasteiger charge is -2.35. The number of hydrogen-bond acceptors (Lipinski definition) is 7. The molecule has 8 nitrogen and oxygen atoms in total. The molecule has 1 saturated heterocycles. The van der Waals surface area contributed by atoms with Crippen LogP contribution >= 0.6 is 0 Å². The number of piperazine rings is 1. The lowest BCUT2D eigenvalue weighted by molar-refractivity contribution is -0.137. The normalized spacial score (nSPS) is 14.5. The molecule has 2 aromatic carbocycles. The van der Waals surface area contributed by atoms with Crippen molar-refractivity contribution in [3.8, 4) is 11.5 Å². The van der Waals surface area contributed by atoms with Gasteiger partial charge in [-0.15, -0.1) is 0 Å². The molecule has 0 saturated carbocycles. The number of carbonyl (C=O) groups is 1. The van der Waals surface area contributed by atoms with Crippen molar-refractivity contribution >= 4 is 28.6 Å². The van der Waals surface area contributed by atoms with Crippen LogP contribution in [0.15, 0.2) is 36.4 Å². The summed E-state index contributed by atoms with van der Waals surface area (Å²) in [5.74, 6) is 1.24. The van der Waals surface area contributed by atoms with Gasteiger partial charge in [-0.1, -0.05) is 6.07 Å². The van der Waals surface area contributed by atoms with Crippen LogP contribution < -0.4 is 20.1 Å². The Morgan fingerprint density at radius 1 is 1.00 bits per heavy atom. The molecule has 2 N–H and O–H groups in total. The summed E-state index contributed by atoms with van der Waals surface area (Å²) in [4.78, 5) is 25.1. The number of amides is 1. The first kappa shape index (κ1) is 22.4. The van der Waals surface area contributed by atoms with E-state index in [0.717, 1.165) is 12.1 Å². The van der Waals surface area contributed by atoms with Gasteiger partial charge in [0, 0.05) is 43.2 Å². The summed E-state index contributed by atoms with van der Waals surface area (Å²) in [6.07, 6.45) is -4.50. The molecule has 0 aliphatic carbocycles. The van der Waals surface area contributed by atoms with Crippen LogP contribution in [0.1, 0.15) is 15.9 Å². The molecular formula is C22H22F3N5O3. The number of rotatable bonds is 4. The zero-order chi connectivity index (χ0) is 23.8. The van der Waals surface area contributed by atoms with Crippen LogP contribution in [0.2, 0.25) is 0 Å². The minimum absolute atomic E-state index is 0.00511. The van der Waals surface area contributed by atoms with Gasteiger partial charge in [0.1, 0.15) is 5.82 Å². The number of carbonyl (C=O) groups excluding carboxylic acids is 1. The SMILES string of the molecule is COc1cc2nc(N3CCN(C(=O)c4cccc(C(F)(F)F)c4)CC3)nc(N)c2cc1OC. The van der Waals surface area contributed by atoms with Crippen LogP contribution in [-0.2, 0) is 6.18 Å². The average Bonchev–Trinajstić information content (AvgIpc) is 2.82. The molecule has 1 aliphatic rings. The number of halogens is 3. The Hall–Kier alpha value is -3.76. The molecule has 0 bridgehead atoms. The van der Waals surface area contributed by atoms with Gasteiger partial charge in [-0.25, -0.2) is 4.98 Å². The van der Waals surface area contributed by atoms with E-state index >= 15 is 0 Å². The molecule has 0 radical (unpaired) electrons. The number of nitrogen functional groups attached to an aromatic ring is 1. The van der Waals surface area contributed by atoms with E-state index in [2.05, 4.69) is 9.97 Å². The van der Waals surface area contributed by atoms with Crippen LogP contribution in [-0.4, -0.2) is 61.2 Å². The number of methoxy groups -OCH3 is 2. The number of ether oxygens (including phenoxy) is 2. The van der Waals surface area contributed by atoms with Crippen molar-refractivity contribution in [2.75, 3.05) is 51.0 Å². The van der Waals surface area contributed by atoms with Crippen LogP contribution in [0.5, 0.6) is 11.5 Å². The predicted molar refractivity (Wildman–Crippen MR) is 117 cm³/mol. The van der Waals surface area contributed by atoms with Gasteiger partial charge in [0.05, 0.1) is 25.3 Å². The Labute approximate surface area is 187 Å². The molecule has 1 aliphatic heterocycles. The maximum atomic E-state index is 13.0. The fourth-order valence-corrected chi connectivity index (χ4v) is 3.73. The van der Waals surface area contributed by atoms with Gasteiger partial charge >= 0.3 is 6.18 Å². The average molecular weight is 461 g/mol. The van der Waals surface area contributed by atoms with Crippen molar-refractivity contribution in [2.24, 2.45) is 0 Å². The number of alkyl halides is 3. The van der Waals surface area contributed by atoms with Crippen LogP contribution in [0, 0.1) is 0 Å². The third-order valence-corrected chi connectivity index (χ3v) is 5.51. The first-order chi connectivity index (χ1) is 15.7. The number of nitrogens with zero attached hydrogens (tertiary/aromatic N) is 4. The van der Waals surface area contributed by atoms with Crippen LogP contribution in [0.25, 0.3) is 10.9 Å². The van der Waals surface area contributed by atoms with Crippen molar-refractivity contribution in [3.05, 3.63) is 47.5 Å². The molecule has 0 spiro atoms. The van der Waals surface area contributed by atoms with Gasteiger partial charge in [0.25, 0.3) is 5.91 Å². The Morgan fingerprint density at radius 3 is 2.30 bits per heavy atom. The molecule has 3 aromatic rings. The fraction of sp³-hybridized carbons (Fsp3) is 0.318. The summed E-state index contributed by atoms with van der Waals surface area (Å²) < 4.78 is 49.6. The number of aromatic nitrogens is 2. The summed E-state index contributed by atoms with van der Waals surface area (Å²) in [6.45, 7) is 1.43. The molecule has 174 valence electrons. The van der Waals surface area contributed by atoms with Crippen molar-refractivity contribution in [3.63, 3.8) is 0 Å². The highest BCUT2D eigenvalue weighted by Gasteiger charge is 2.32. The van der Waals surface area contributed by atoms with E-state index < -0.39 is 17.6 Å². The van der Waals surface area contributed by atoms with E-state index in [4.69, 9.17) is 15.2 Å². The lowest BCUT2D eigenvalue weighted by Crippen LogP contribution is -2.49. The quantitative estimate of drug-likeness (QED) is 0.638. The maximum absolute atomic E-state index is 13.0. The third kappa shape index (κ3) is 4.43. The van der Waals surface area contributed by atoms with Gasteiger partial charge < -0.3 is 25.0 Å². The van der Waals surface area contributed by atoms with Crippen LogP contribution in [0.3, 0.4) is 0 Å². The van der Waals surface area contributed by atoms with Crippen molar-refractivity contribution < 1.29 is 27.4 Å². The van der Waals surface area contributed by atoms with Crippen molar-refractivity contribution in [1.29, 1.82) is 0 Å². The van der Waals surface area contributed by atoms with Crippen LogP contribution in [0.4, 0.5) is 24.9 Å². The van der Waals surface area contributed by atoms with Gasteiger partial charge in [-0.05, 0) is 24.3 Å². The number of nitrogens with two attached hydrogens (primary N) is 1. The topological polar surface area (TPSA) is 93.8 Å². The fourth-order valence-electron chi connectivity index (χ4n) is 3.73. The van der Waals surface area contributed by atoms with Gasteiger partial charge in [-0.3, -0.25) is 4.79 Å². The standard InChI is InChI=1S/C22H22F3N5O3/c1-32-17-11-15-16(12-18(17)33-2)27-21(28-19(15)26)30-8-6-29(7-9-30)20(31)13-4-3-5-14(10-13)22(23,24)25/h3-5,10-12H,6-9H2,1-2H3,(H2,26,27,28). The molecule has 0 atom stereocenters. The van der Waals surface area contributed by atoms with Gasteiger partial charge in [0.15, 0.2) is 11.5 Å². The Balaban J connectivity index is 1.51. The first-order valence-corrected chi connectivity index (χ1v) is 10.1. The molecule has 4 rings (SSSR count). The molecular weight excluding hydrogens is 439 g/mol. The third-order valence-electron chi connectivity index (χ3n) is 5.51. The molecule has 1 aromatic heterocycles. The Bertz CT molecular complexity index is 1190. The van der Waals surface area contributed by atoms with E-state index in [1.807, 2.05) is 4.90 Å². The monoisotopic (exact) mass is 461 g/mol. The number of benzene rings is 2.